The van der Waals surface area contributed by atoms with Crippen molar-refractivity contribution in [3.63, 3.8) is 0 Å². The van der Waals surface area contributed by atoms with Gasteiger partial charge >= 0.3 is 0 Å². The van der Waals surface area contributed by atoms with E-state index >= 15 is 0 Å². The number of para-hydroxylation sites is 3. The number of anilines is 3. The minimum atomic E-state index is -2.08. The third-order valence-corrected chi connectivity index (χ3v) is 13.9. The van der Waals surface area contributed by atoms with Gasteiger partial charge in [0.1, 0.15) is 19.5 Å². The Hall–Kier alpha value is -4.09. The van der Waals surface area contributed by atoms with Crippen molar-refractivity contribution in [1.82, 2.24) is 14.5 Å². The van der Waals surface area contributed by atoms with Gasteiger partial charge in [-0.25, -0.2) is 4.98 Å². The molecule has 0 atom stereocenters. The standard InChI is InChI=1S/C31H37N5O2Si/c1-20(2)39(21(3)4,22(5)6)18-17-24-25-19-33-31(34-26-15-11-12-16-27(26)38-7)35-29(25)36(30(37)28(24)32)23-13-9-8-10-14-23/h8-16,19-22H,32H2,1-7H3,(H,33,34,35). The molecule has 0 amide bonds. The maximum atomic E-state index is 13.8. The van der Waals surface area contributed by atoms with Crippen molar-refractivity contribution in [2.45, 2.75) is 58.2 Å². The van der Waals surface area contributed by atoms with Gasteiger partial charge in [0, 0.05) is 6.20 Å². The van der Waals surface area contributed by atoms with Crippen LogP contribution in [0.1, 0.15) is 47.1 Å². The normalized spacial score (nSPS) is 11.6. The van der Waals surface area contributed by atoms with Crippen LogP contribution in [0.5, 0.6) is 5.75 Å². The molecule has 2 aromatic heterocycles. The van der Waals surface area contributed by atoms with Crippen molar-refractivity contribution in [2.24, 2.45) is 0 Å². The summed E-state index contributed by atoms with van der Waals surface area (Å²) in [6.07, 6.45) is 1.70. The first-order chi connectivity index (χ1) is 18.6. The second kappa shape index (κ2) is 11.3. The van der Waals surface area contributed by atoms with Crippen LogP contribution in [-0.2, 0) is 0 Å². The molecule has 0 aliphatic heterocycles. The summed E-state index contributed by atoms with van der Waals surface area (Å²) in [5, 5.41) is 3.86. The third-order valence-electron chi connectivity index (χ3n) is 7.59. The molecule has 7 nitrogen and oxygen atoms in total. The number of rotatable bonds is 7. The van der Waals surface area contributed by atoms with Crippen LogP contribution in [0, 0.1) is 11.5 Å². The zero-order valence-electron chi connectivity index (χ0n) is 23.7. The molecule has 0 bridgehead atoms. The summed E-state index contributed by atoms with van der Waals surface area (Å²) < 4.78 is 7.00. The average molecular weight is 540 g/mol. The van der Waals surface area contributed by atoms with E-state index in [1.165, 1.54) is 4.57 Å². The van der Waals surface area contributed by atoms with Crippen LogP contribution >= 0.6 is 0 Å². The highest BCUT2D eigenvalue weighted by molar-refractivity contribution is 6.90. The van der Waals surface area contributed by atoms with E-state index in [4.69, 9.17) is 15.5 Å². The molecule has 2 aromatic carbocycles. The van der Waals surface area contributed by atoms with Crippen LogP contribution in [0.3, 0.4) is 0 Å². The number of nitrogens with one attached hydrogen (secondary N) is 1. The maximum absolute atomic E-state index is 13.8. The van der Waals surface area contributed by atoms with Gasteiger partial charge in [0.15, 0.2) is 5.65 Å². The fourth-order valence-corrected chi connectivity index (χ4v) is 10.9. The number of aromatic nitrogens is 3. The number of pyridine rings is 1. The number of ether oxygens (including phenoxy) is 1. The molecular weight excluding hydrogens is 502 g/mol. The van der Waals surface area contributed by atoms with Gasteiger partial charge in [-0.15, -0.1) is 5.54 Å². The molecule has 4 aromatic rings. The monoisotopic (exact) mass is 539 g/mol. The van der Waals surface area contributed by atoms with Crippen LogP contribution in [0.15, 0.2) is 65.6 Å². The first-order valence-electron chi connectivity index (χ1n) is 13.3. The molecule has 8 heteroatoms. The lowest BCUT2D eigenvalue weighted by atomic mass is 10.1. The smallest absolute Gasteiger partial charge is 0.281 e. The first-order valence-corrected chi connectivity index (χ1v) is 15.5. The third kappa shape index (κ3) is 5.15. The fourth-order valence-electron chi connectivity index (χ4n) is 5.67. The Morgan fingerprint density at radius 1 is 0.949 bits per heavy atom. The largest absolute Gasteiger partial charge is 0.495 e. The zero-order chi connectivity index (χ0) is 28.3. The maximum Gasteiger partial charge on any atom is 0.281 e. The molecule has 0 radical (unpaired) electrons. The number of nitrogens with zero attached hydrogens (tertiary/aromatic N) is 3. The van der Waals surface area contributed by atoms with Crippen molar-refractivity contribution >= 4 is 36.4 Å². The van der Waals surface area contributed by atoms with E-state index in [2.05, 4.69) is 63.3 Å². The van der Waals surface area contributed by atoms with Gasteiger partial charge in [-0.1, -0.05) is 77.8 Å². The van der Waals surface area contributed by atoms with Gasteiger partial charge in [0.2, 0.25) is 5.95 Å². The summed E-state index contributed by atoms with van der Waals surface area (Å²) in [6.45, 7) is 13.6. The molecule has 0 aliphatic rings. The fraction of sp³-hybridized carbons (Fsp3) is 0.323. The molecule has 39 heavy (non-hydrogen) atoms. The molecule has 0 saturated carbocycles. The molecule has 0 aliphatic carbocycles. The van der Waals surface area contributed by atoms with Crippen LogP contribution in [0.2, 0.25) is 16.6 Å². The number of hydrogen-bond donors (Lipinski definition) is 2. The van der Waals surface area contributed by atoms with Crippen molar-refractivity contribution in [1.29, 1.82) is 0 Å². The van der Waals surface area contributed by atoms with Gasteiger partial charge in [0.25, 0.3) is 5.56 Å². The molecule has 3 N–H and O–H groups in total. The molecule has 4 rings (SSSR count). The van der Waals surface area contributed by atoms with Crippen LogP contribution in [0.4, 0.5) is 17.3 Å². The topological polar surface area (TPSA) is 95.1 Å². The van der Waals surface area contributed by atoms with Crippen LogP contribution < -0.4 is 21.3 Å². The lowest BCUT2D eigenvalue weighted by Gasteiger charge is -2.38. The Bertz CT molecular complexity index is 1580. The quantitative estimate of drug-likeness (QED) is 0.201. The SMILES string of the molecule is COc1ccccc1Nc1ncc2c(C#C[Si](C(C)C)(C(C)C)C(C)C)c(N)c(=O)n(-c3ccccc3)c2n1. The van der Waals surface area contributed by atoms with E-state index in [1.54, 1.807) is 13.3 Å². The predicted octanol–water partition coefficient (Wildman–Crippen LogP) is 6.68. The van der Waals surface area contributed by atoms with Gasteiger partial charge < -0.3 is 15.8 Å². The highest BCUT2D eigenvalue weighted by Crippen LogP contribution is 2.41. The van der Waals surface area contributed by atoms with Crippen molar-refractivity contribution < 1.29 is 4.74 Å². The second-order valence-electron chi connectivity index (χ2n) is 10.7. The molecule has 0 unspecified atom stereocenters. The molecule has 0 fully saturated rings. The zero-order valence-corrected chi connectivity index (χ0v) is 24.7. The lowest BCUT2D eigenvalue weighted by molar-refractivity contribution is 0.417. The molecule has 0 spiro atoms. The summed E-state index contributed by atoms with van der Waals surface area (Å²) in [6, 6.07) is 16.9. The predicted molar refractivity (Wildman–Crippen MR) is 164 cm³/mol. The minimum absolute atomic E-state index is 0.104. The number of nitrogens with two attached hydrogens (primary N) is 1. The van der Waals surface area contributed by atoms with Gasteiger partial charge in [-0.05, 0) is 40.9 Å². The Morgan fingerprint density at radius 3 is 2.18 bits per heavy atom. The van der Waals surface area contributed by atoms with E-state index < -0.39 is 8.07 Å². The van der Waals surface area contributed by atoms with E-state index in [1.807, 2.05) is 54.6 Å². The van der Waals surface area contributed by atoms with E-state index in [9.17, 15) is 4.79 Å². The highest BCUT2D eigenvalue weighted by atomic mass is 28.3. The lowest BCUT2D eigenvalue weighted by Crippen LogP contribution is -2.43. The summed E-state index contributed by atoms with van der Waals surface area (Å²) in [4.78, 5) is 23.2. The molecule has 2 heterocycles. The molecular formula is C31H37N5O2Si. The number of methoxy groups -OCH3 is 1. The Labute approximate surface area is 231 Å². The van der Waals surface area contributed by atoms with Gasteiger partial charge in [0.05, 0.1) is 29.4 Å². The number of hydrogen-bond acceptors (Lipinski definition) is 6. The first kappa shape index (κ1) is 27.9. The average Bonchev–Trinajstić information content (AvgIpc) is 2.91. The molecule has 202 valence electrons. The summed E-state index contributed by atoms with van der Waals surface area (Å²) in [5.74, 6) is 4.38. The van der Waals surface area contributed by atoms with Gasteiger partial charge in [-0.2, -0.15) is 4.98 Å². The molecule has 0 saturated heterocycles. The van der Waals surface area contributed by atoms with Crippen molar-refractivity contribution in [2.75, 3.05) is 18.2 Å². The second-order valence-corrected chi connectivity index (χ2v) is 16.2. The Kier molecular flexibility index (Phi) is 8.12. The number of fused-ring (bicyclic) bond motifs is 1. The van der Waals surface area contributed by atoms with E-state index in [-0.39, 0.29) is 11.2 Å². The summed E-state index contributed by atoms with van der Waals surface area (Å²) in [7, 11) is -0.472. The van der Waals surface area contributed by atoms with Crippen molar-refractivity contribution in [3.05, 3.63) is 76.7 Å². The van der Waals surface area contributed by atoms with Gasteiger partial charge in [-0.3, -0.25) is 9.36 Å². The van der Waals surface area contributed by atoms with E-state index in [0.29, 0.717) is 56.3 Å². The van der Waals surface area contributed by atoms with E-state index in [0.717, 1.165) is 0 Å². The Balaban J connectivity index is 2.01. The minimum Gasteiger partial charge on any atom is -0.495 e. The van der Waals surface area contributed by atoms with Crippen molar-refractivity contribution in [3.8, 4) is 22.9 Å². The number of benzene rings is 2. The van der Waals surface area contributed by atoms with Crippen LogP contribution in [-0.4, -0.2) is 29.7 Å². The Morgan fingerprint density at radius 2 is 1.56 bits per heavy atom. The highest BCUT2D eigenvalue weighted by Gasteiger charge is 2.41. The van der Waals surface area contributed by atoms with Crippen LogP contribution in [0.25, 0.3) is 16.7 Å². The summed E-state index contributed by atoms with van der Waals surface area (Å²) in [5.41, 5.74) is 13.6. The number of nitrogen functional groups attached to an aromatic ring is 1. The summed E-state index contributed by atoms with van der Waals surface area (Å²) >= 11 is 0.